The van der Waals surface area contributed by atoms with Crippen molar-refractivity contribution < 1.29 is 4.79 Å². The van der Waals surface area contributed by atoms with E-state index in [2.05, 4.69) is 21.9 Å². The van der Waals surface area contributed by atoms with Crippen molar-refractivity contribution in [2.75, 3.05) is 46.2 Å². The predicted molar refractivity (Wildman–Crippen MR) is 95.7 cm³/mol. The van der Waals surface area contributed by atoms with Crippen LogP contribution in [0.1, 0.15) is 19.3 Å². The van der Waals surface area contributed by atoms with E-state index < -0.39 is 0 Å². The Hall–Kier alpha value is -0.180. The van der Waals surface area contributed by atoms with Crippen molar-refractivity contribution in [3.8, 4) is 0 Å². The van der Waals surface area contributed by atoms with E-state index in [4.69, 9.17) is 0 Å². The molecule has 0 rings (SSSR count). The average molecular weight is 402 g/mol. The zero-order chi connectivity index (χ0) is 13.8. The fraction of sp³-hybridized carbons (Fsp3) is 0.833. The Morgan fingerprint density at radius 3 is 2.37 bits per heavy atom. The first-order chi connectivity index (χ1) is 8.61. The van der Waals surface area contributed by atoms with E-state index in [1.54, 1.807) is 26.0 Å². The highest BCUT2D eigenvalue weighted by Gasteiger charge is 2.03. The third-order valence-electron chi connectivity index (χ3n) is 2.42. The molecule has 0 atom stereocenters. The monoisotopic (exact) mass is 402 g/mol. The molecule has 0 radical (unpaired) electrons. The largest absolute Gasteiger partial charge is 0.356 e. The number of nitrogens with zero attached hydrogens (tertiary/aromatic N) is 2. The summed E-state index contributed by atoms with van der Waals surface area (Å²) in [4.78, 5) is 17.1. The van der Waals surface area contributed by atoms with Gasteiger partial charge in [0.2, 0.25) is 5.91 Å². The third kappa shape index (κ3) is 12.6. The minimum absolute atomic E-state index is 0. The molecule has 0 aromatic carbocycles. The molecule has 114 valence electrons. The highest BCUT2D eigenvalue weighted by molar-refractivity contribution is 14.0. The van der Waals surface area contributed by atoms with Gasteiger partial charge in [0.25, 0.3) is 0 Å². The van der Waals surface area contributed by atoms with Gasteiger partial charge in [-0.2, -0.15) is 11.8 Å². The van der Waals surface area contributed by atoms with Crippen LogP contribution in [0.25, 0.3) is 0 Å². The lowest BCUT2D eigenvalue weighted by Crippen LogP contribution is -2.39. The van der Waals surface area contributed by atoms with Crippen molar-refractivity contribution in [1.82, 2.24) is 15.5 Å². The van der Waals surface area contributed by atoms with Crippen LogP contribution in [0.15, 0.2) is 4.99 Å². The number of rotatable bonds is 8. The van der Waals surface area contributed by atoms with Gasteiger partial charge in [0.05, 0.1) is 0 Å². The fourth-order valence-corrected chi connectivity index (χ4v) is 1.80. The van der Waals surface area contributed by atoms with E-state index in [0.717, 1.165) is 18.9 Å². The number of hydrogen-bond acceptors (Lipinski definition) is 3. The van der Waals surface area contributed by atoms with Crippen LogP contribution in [0, 0.1) is 0 Å². The Morgan fingerprint density at radius 2 is 1.84 bits per heavy atom. The molecule has 0 saturated heterocycles. The van der Waals surface area contributed by atoms with Crippen LogP contribution in [0.4, 0.5) is 0 Å². The first-order valence-corrected chi connectivity index (χ1v) is 7.64. The Labute approximate surface area is 138 Å². The first-order valence-electron chi connectivity index (χ1n) is 6.25. The molecule has 0 unspecified atom stereocenters. The summed E-state index contributed by atoms with van der Waals surface area (Å²) < 4.78 is 0. The molecule has 1 amide bonds. The van der Waals surface area contributed by atoms with Crippen LogP contribution >= 0.6 is 35.7 Å². The summed E-state index contributed by atoms with van der Waals surface area (Å²) in [6.07, 6.45) is 4.96. The van der Waals surface area contributed by atoms with E-state index in [9.17, 15) is 4.79 Å². The Balaban J connectivity index is 0. The molecule has 19 heavy (non-hydrogen) atoms. The number of nitrogens with one attached hydrogen (secondary N) is 2. The molecule has 0 spiro atoms. The lowest BCUT2D eigenvalue weighted by atomic mass is 10.3. The van der Waals surface area contributed by atoms with Crippen LogP contribution in [-0.2, 0) is 4.79 Å². The lowest BCUT2D eigenvalue weighted by Gasteiger charge is -2.13. The van der Waals surface area contributed by atoms with Gasteiger partial charge < -0.3 is 15.5 Å². The van der Waals surface area contributed by atoms with Gasteiger partial charge in [-0.3, -0.25) is 9.79 Å². The van der Waals surface area contributed by atoms with Gasteiger partial charge in [0, 0.05) is 40.7 Å². The molecule has 2 N–H and O–H groups in total. The Bertz CT molecular complexity index is 262. The number of guanidine groups is 1. The molecule has 0 saturated carbocycles. The summed E-state index contributed by atoms with van der Waals surface area (Å²) in [7, 11) is 5.27. The molecular formula is C12H27IN4OS. The SMILES string of the molecule is CN=C(NCCCCSC)NCCC(=O)N(C)C.I. The first kappa shape index (κ1) is 21.1. The molecule has 0 aromatic heterocycles. The molecule has 0 aliphatic heterocycles. The van der Waals surface area contributed by atoms with Crippen molar-refractivity contribution in [1.29, 1.82) is 0 Å². The fourth-order valence-electron chi connectivity index (χ4n) is 1.31. The molecule has 0 fully saturated rings. The van der Waals surface area contributed by atoms with Gasteiger partial charge in [-0.1, -0.05) is 0 Å². The zero-order valence-electron chi connectivity index (χ0n) is 12.4. The van der Waals surface area contributed by atoms with Crippen molar-refractivity contribution >= 4 is 47.6 Å². The molecule has 7 heteroatoms. The van der Waals surface area contributed by atoms with E-state index in [1.807, 2.05) is 11.8 Å². The van der Waals surface area contributed by atoms with E-state index in [1.165, 1.54) is 12.2 Å². The number of halogens is 1. The number of unbranched alkanes of at least 4 members (excludes halogenated alkanes) is 1. The van der Waals surface area contributed by atoms with Crippen molar-refractivity contribution in [3.63, 3.8) is 0 Å². The maximum absolute atomic E-state index is 11.4. The summed E-state index contributed by atoms with van der Waals surface area (Å²) in [6.45, 7) is 1.53. The smallest absolute Gasteiger partial charge is 0.223 e. The quantitative estimate of drug-likeness (QED) is 0.279. The number of aliphatic imine (C=N–C) groups is 1. The summed E-state index contributed by atoms with van der Waals surface area (Å²) in [5.41, 5.74) is 0. The predicted octanol–water partition coefficient (Wildman–Crippen LogP) is 1.39. The second kappa shape index (κ2) is 14.2. The summed E-state index contributed by atoms with van der Waals surface area (Å²) in [6, 6.07) is 0. The maximum Gasteiger partial charge on any atom is 0.223 e. The topological polar surface area (TPSA) is 56.7 Å². The highest BCUT2D eigenvalue weighted by atomic mass is 127. The van der Waals surface area contributed by atoms with Gasteiger partial charge in [0.1, 0.15) is 0 Å². The van der Waals surface area contributed by atoms with Crippen LogP contribution in [0.2, 0.25) is 0 Å². The standard InChI is InChI=1S/C12H26N4OS.HI/c1-13-12(14-8-5-6-10-18-4)15-9-7-11(17)16(2)3;/h5-10H2,1-4H3,(H2,13,14,15);1H. The Morgan fingerprint density at radius 1 is 1.21 bits per heavy atom. The lowest BCUT2D eigenvalue weighted by molar-refractivity contribution is -0.128. The number of amides is 1. The zero-order valence-corrected chi connectivity index (χ0v) is 15.5. The summed E-state index contributed by atoms with van der Waals surface area (Å²) in [5, 5.41) is 6.37. The van der Waals surface area contributed by atoms with Crippen molar-refractivity contribution in [2.24, 2.45) is 4.99 Å². The minimum atomic E-state index is 0. The number of thioether (sulfide) groups is 1. The molecule has 0 aliphatic carbocycles. The van der Waals surface area contributed by atoms with Gasteiger partial charge in [-0.25, -0.2) is 0 Å². The van der Waals surface area contributed by atoms with Gasteiger partial charge >= 0.3 is 0 Å². The van der Waals surface area contributed by atoms with Gasteiger partial charge in [-0.15, -0.1) is 24.0 Å². The number of carbonyl (C=O) groups excluding carboxylic acids is 1. The van der Waals surface area contributed by atoms with Gasteiger partial charge in [-0.05, 0) is 24.9 Å². The minimum Gasteiger partial charge on any atom is -0.356 e. The van der Waals surface area contributed by atoms with E-state index in [-0.39, 0.29) is 29.9 Å². The van der Waals surface area contributed by atoms with Crippen molar-refractivity contribution in [3.05, 3.63) is 0 Å². The molecule has 0 heterocycles. The number of carbonyl (C=O) groups is 1. The van der Waals surface area contributed by atoms with E-state index >= 15 is 0 Å². The second-order valence-corrected chi connectivity index (χ2v) is 5.15. The average Bonchev–Trinajstić information content (AvgIpc) is 2.36. The maximum atomic E-state index is 11.4. The molecular weight excluding hydrogens is 375 g/mol. The highest BCUT2D eigenvalue weighted by Crippen LogP contribution is 1.97. The summed E-state index contributed by atoms with van der Waals surface area (Å²) >= 11 is 1.87. The molecule has 0 aliphatic rings. The molecule has 5 nitrogen and oxygen atoms in total. The van der Waals surface area contributed by atoms with E-state index in [0.29, 0.717) is 13.0 Å². The second-order valence-electron chi connectivity index (χ2n) is 4.16. The van der Waals surface area contributed by atoms with Crippen LogP contribution in [0.5, 0.6) is 0 Å². The molecule has 0 aromatic rings. The van der Waals surface area contributed by atoms with Crippen LogP contribution in [-0.4, -0.2) is 63.0 Å². The summed E-state index contributed by atoms with van der Waals surface area (Å²) in [5.74, 6) is 2.09. The van der Waals surface area contributed by atoms with Crippen LogP contribution in [0.3, 0.4) is 0 Å². The normalized spacial score (nSPS) is 10.6. The van der Waals surface area contributed by atoms with Crippen molar-refractivity contribution in [2.45, 2.75) is 19.3 Å². The number of hydrogen-bond donors (Lipinski definition) is 2. The van der Waals surface area contributed by atoms with Gasteiger partial charge in [0.15, 0.2) is 5.96 Å². The Kier molecular flexibility index (Phi) is 15.8. The third-order valence-corrected chi connectivity index (χ3v) is 3.12. The molecule has 0 bridgehead atoms. The van der Waals surface area contributed by atoms with Crippen LogP contribution < -0.4 is 10.6 Å².